The molecule has 3 nitrogen and oxygen atoms in total. The molecule has 94 valence electrons. The highest BCUT2D eigenvalue weighted by Crippen LogP contribution is 2.36. The zero-order valence-corrected chi connectivity index (χ0v) is 10.7. The Balaban J connectivity index is 1.80. The highest BCUT2D eigenvalue weighted by atomic mass is 32.2. The van der Waals surface area contributed by atoms with Gasteiger partial charge in [0.1, 0.15) is 12.0 Å². The lowest BCUT2D eigenvalue weighted by Gasteiger charge is -2.16. The van der Waals surface area contributed by atoms with Crippen molar-refractivity contribution in [3.05, 3.63) is 71.5 Å². The van der Waals surface area contributed by atoms with Gasteiger partial charge >= 0.3 is 5.97 Å². The first-order valence-corrected chi connectivity index (χ1v) is 6.55. The molecule has 1 aliphatic heterocycles. The van der Waals surface area contributed by atoms with E-state index in [1.807, 2.05) is 48.5 Å². The number of ether oxygens (including phenoxy) is 2. The van der Waals surface area contributed by atoms with Crippen LogP contribution in [0.3, 0.4) is 0 Å². The molecule has 2 aromatic rings. The molecule has 0 atom stereocenters. The highest BCUT2D eigenvalue weighted by molar-refractivity contribution is 8.03. The predicted octanol–water partition coefficient (Wildman–Crippen LogP) is 3.83. The van der Waals surface area contributed by atoms with E-state index in [-0.39, 0.29) is 5.97 Å². The molecule has 0 aromatic heterocycles. The molecule has 0 unspecified atom stereocenters. The van der Waals surface area contributed by atoms with E-state index in [2.05, 4.69) is 0 Å². The lowest BCUT2D eigenvalue weighted by Crippen LogP contribution is -2.10. The third-order valence-electron chi connectivity index (χ3n) is 2.55. The summed E-state index contributed by atoms with van der Waals surface area (Å²) in [5.41, 5.74) is 0.587. The molecule has 3 rings (SSSR count). The summed E-state index contributed by atoms with van der Waals surface area (Å²) in [6, 6.07) is 16.7. The van der Waals surface area contributed by atoms with Gasteiger partial charge in [-0.05, 0) is 36.0 Å². The molecular formula is C15H10O3S. The van der Waals surface area contributed by atoms with Crippen molar-refractivity contribution in [2.75, 3.05) is 0 Å². The Bertz CT molecular complexity index is 635. The zero-order valence-electron chi connectivity index (χ0n) is 9.91. The van der Waals surface area contributed by atoms with Crippen molar-refractivity contribution in [2.45, 2.75) is 4.90 Å². The first kappa shape index (κ1) is 11.9. The number of carbonyl (C=O) groups excluding carboxylic acids is 1. The van der Waals surface area contributed by atoms with Crippen molar-refractivity contribution in [3.63, 3.8) is 0 Å². The van der Waals surface area contributed by atoms with Crippen molar-refractivity contribution >= 4 is 17.7 Å². The molecule has 1 heterocycles. The second kappa shape index (κ2) is 5.20. The van der Waals surface area contributed by atoms with E-state index >= 15 is 0 Å². The normalized spacial score (nSPS) is 15.8. The van der Waals surface area contributed by atoms with Crippen LogP contribution in [-0.4, -0.2) is 5.97 Å². The second-order valence-corrected chi connectivity index (χ2v) is 4.90. The first-order chi connectivity index (χ1) is 9.33. The summed E-state index contributed by atoms with van der Waals surface area (Å²) in [6.45, 7) is 0. The van der Waals surface area contributed by atoms with Gasteiger partial charge < -0.3 is 9.47 Å². The van der Waals surface area contributed by atoms with Crippen LogP contribution >= 0.6 is 11.8 Å². The van der Waals surface area contributed by atoms with Gasteiger partial charge in [-0.3, -0.25) is 0 Å². The van der Waals surface area contributed by atoms with Crippen LogP contribution in [0.4, 0.5) is 0 Å². The maximum Gasteiger partial charge on any atom is 0.345 e. The molecule has 0 radical (unpaired) electrons. The van der Waals surface area contributed by atoms with Crippen LogP contribution in [0, 0.1) is 0 Å². The van der Waals surface area contributed by atoms with Crippen LogP contribution in [0.15, 0.2) is 70.8 Å². The van der Waals surface area contributed by atoms with Crippen LogP contribution in [0.25, 0.3) is 0 Å². The van der Waals surface area contributed by atoms with Crippen LogP contribution in [-0.2, 0) is 4.74 Å². The molecule has 0 spiro atoms. The van der Waals surface area contributed by atoms with Crippen molar-refractivity contribution in [1.82, 2.24) is 0 Å². The molecule has 4 heteroatoms. The summed E-state index contributed by atoms with van der Waals surface area (Å²) in [6.07, 6.45) is 1.45. The number of thioether (sulfide) groups is 1. The molecule has 0 N–H and O–H groups in total. The Morgan fingerprint density at radius 3 is 2.58 bits per heavy atom. The van der Waals surface area contributed by atoms with E-state index in [1.165, 1.54) is 18.0 Å². The van der Waals surface area contributed by atoms with E-state index < -0.39 is 0 Å². The largest absolute Gasteiger partial charge is 0.461 e. The second-order valence-electron chi connectivity index (χ2n) is 3.86. The van der Waals surface area contributed by atoms with Gasteiger partial charge in [-0.25, -0.2) is 4.79 Å². The summed E-state index contributed by atoms with van der Waals surface area (Å²) in [4.78, 5) is 12.7. The molecule has 19 heavy (non-hydrogen) atoms. The number of para-hydroxylation sites is 1. The number of rotatable bonds is 2. The number of benzene rings is 2. The smallest absolute Gasteiger partial charge is 0.345 e. The molecular weight excluding hydrogens is 260 g/mol. The fourth-order valence-corrected chi connectivity index (χ4v) is 2.50. The Hall–Kier alpha value is -2.20. The Labute approximate surface area is 114 Å². The summed E-state index contributed by atoms with van der Waals surface area (Å²) in [7, 11) is 0. The Morgan fingerprint density at radius 1 is 1.00 bits per heavy atom. The minimum atomic E-state index is -0.350. The number of hydrogen-bond donors (Lipinski definition) is 0. The standard InChI is InChI=1S/C15H10O3S/c16-15-12-8-4-5-9-13(12)19-14(18-15)10-17-11-6-2-1-3-7-11/h1-10H/b14-10+. The summed E-state index contributed by atoms with van der Waals surface area (Å²) >= 11 is 1.37. The van der Waals surface area contributed by atoms with Gasteiger partial charge in [0.05, 0.1) is 5.56 Å². The number of carbonyl (C=O) groups is 1. The fraction of sp³-hybridized carbons (Fsp3) is 0. The zero-order chi connectivity index (χ0) is 13.1. The van der Waals surface area contributed by atoms with Crippen LogP contribution < -0.4 is 4.74 Å². The third-order valence-corrected chi connectivity index (χ3v) is 3.50. The van der Waals surface area contributed by atoms with Crippen molar-refractivity contribution in [3.8, 4) is 5.75 Å². The average molecular weight is 270 g/mol. The Kier molecular flexibility index (Phi) is 3.25. The number of fused-ring (bicyclic) bond motifs is 1. The minimum Gasteiger partial charge on any atom is -0.461 e. The van der Waals surface area contributed by atoms with Crippen molar-refractivity contribution in [2.24, 2.45) is 0 Å². The molecule has 0 bridgehead atoms. The predicted molar refractivity (Wildman–Crippen MR) is 72.9 cm³/mol. The van der Waals surface area contributed by atoms with E-state index in [0.717, 1.165) is 4.90 Å². The van der Waals surface area contributed by atoms with Crippen LogP contribution in [0.5, 0.6) is 5.75 Å². The minimum absolute atomic E-state index is 0.350. The third kappa shape index (κ3) is 2.63. The molecule has 0 saturated heterocycles. The van der Waals surface area contributed by atoms with Gasteiger partial charge in [0.25, 0.3) is 0 Å². The molecule has 0 aliphatic carbocycles. The van der Waals surface area contributed by atoms with Gasteiger partial charge in [0.2, 0.25) is 5.09 Å². The monoisotopic (exact) mass is 270 g/mol. The lowest BCUT2D eigenvalue weighted by molar-refractivity contribution is 0.0635. The molecule has 0 amide bonds. The first-order valence-electron chi connectivity index (χ1n) is 5.74. The molecule has 2 aromatic carbocycles. The number of esters is 1. The SMILES string of the molecule is O=C1O/C(=C\Oc2ccccc2)Sc2ccccc21. The van der Waals surface area contributed by atoms with E-state index in [4.69, 9.17) is 9.47 Å². The van der Waals surface area contributed by atoms with E-state index in [1.54, 1.807) is 6.07 Å². The van der Waals surface area contributed by atoms with E-state index in [0.29, 0.717) is 16.4 Å². The average Bonchev–Trinajstić information content (AvgIpc) is 2.46. The maximum absolute atomic E-state index is 11.8. The maximum atomic E-state index is 11.8. The van der Waals surface area contributed by atoms with E-state index in [9.17, 15) is 4.79 Å². The number of hydrogen-bond acceptors (Lipinski definition) is 4. The van der Waals surface area contributed by atoms with Gasteiger partial charge in [-0.2, -0.15) is 0 Å². The summed E-state index contributed by atoms with van der Waals surface area (Å²) in [5.74, 6) is 0.350. The van der Waals surface area contributed by atoms with Gasteiger partial charge in [0, 0.05) is 4.90 Å². The summed E-state index contributed by atoms with van der Waals surface area (Å²) < 4.78 is 10.6. The highest BCUT2D eigenvalue weighted by Gasteiger charge is 2.22. The van der Waals surface area contributed by atoms with Crippen molar-refractivity contribution < 1.29 is 14.3 Å². The fourth-order valence-electron chi connectivity index (χ4n) is 1.66. The van der Waals surface area contributed by atoms with Crippen LogP contribution in [0.1, 0.15) is 10.4 Å². The topological polar surface area (TPSA) is 35.5 Å². The van der Waals surface area contributed by atoms with Gasteiger partial charge in [-0.15, -0.1) is 0 Å². The Morgan fingerprint density at radius 2 is 1.74 bits per heavy atom. The van der Waals surface area contributed by atoms with Crippen LogP contribution in [0.2, 0.25) is 0 Å². The molecule has 1 aliphatic rings. The lowest BCUT2D eigenvalue weighted by atomic mass is 10.2. The van der Waals surface area contributed by atoms with Gasteiger partial charge in [-0.1, -0.05) is 30.3 Å². The summed E-state index contributed by atoms with van der Waals surface area (Å²) in [5, 5.41) is 0.438. The van der Waals surface area contributed by atoms with Gasteiger partial charge in [0.15, 0.2) is 0 Å². The molecule has 0 fully saturated rings. The quantitative estimate of drug-likeness (QED) is 0.613. The molecule has 0 saturated carbocycles. The number of cyclic esters (lactones) is 1. The van der Waals surface area contributed by atoms with Crippen molar-refractivity contribution in [1.29, 1.82) is 0 Å².